The molecule has 3 rings (SSSR count). The molecule has 2 aromatic carbocycles. The van der Waals surface area contributed by atoms with Crippen LogP contribution in [0.25, 0.3) is 11.1 Å². The third-order valence-electron chi connectivity index (χ3n) is 5.46. The summed E-state index contributed by atoms with van der Waals surface area (Å²) in [7, 11) is 0. The van der Waals surface area contributed by atoms with Crippen molar-refractivity contribution in [3.63, 3.8) is 0 Å². The van der Waals surface area contributed by atoms with Crippen molar-refractivity contribution >= 4 is 5.97 Å². The second-order valence-electron chi connectivity index (χ2n) is 7.19. The van der Waals surface area contributed by atoms with Gasteiger partial charge in [-0.3, -0.25) is 0 Å². The van der Waals surface area contributed by atoms with Gasteiger partial charge in [0, 0.05) is 5.56 Å². The van der Waals surface area contributed by atoms with Crippen LogP contribution >= 0.6 is 0 Å². The monoisotopic (exact) mass is 392 g/mol. The highest BCUT2D eigenvalue weighted by atomic mass is 19.2. The first-order chi connectivity index (χ1) is 13.3. The maximum atomic E-state index is 15.1. The highest BCUT2D eigenvalue weighted by molar-refractivity contribution is 5.90. The number of rotatable bonds is 5. The number of aromatic carboxylic acids is 1. The predicted octanol–water partition coefficient (Wildman–Crippen LogP) is 6.46. The Kier molecular flexibility index (Phi) is 5.87. The second kappa shape index (κ2) is 8.17. The van der Waals surface area contributed by atoms with Gasteiger partial charge in [0.1, 0.15) is 5.82 Å². The molecule has 2 nitrogen and oxygen atoms in total. The molecular weight excluding hydrogens is 372 g/mol. The third-order valence-corrected chi connectivity index (χ3v) is 5.46. The molecule has 1 N–H and O–H groups in total. The SMILES string of the molecule is C=CC[C@H]1CC[C@H](c2ccc(C(=O)O)c(F)c2-c2cc(F)c(F)c(F)c2)CC1. The minimum Gasteiger partial charge on any atom is -0.478 e. The number of carboxylic acids is 1. The van der Waals surface area contributed by atoms with E-state index in [9.17, 15) is 23.1 Å². The summed E-state index contributed by atoms with van der Waals surface area (Å²) in [5.74, 6) is -6.69. The molecule has 0 radical (unpaired) electrons. The van der Waals surface area contributed by atoms with Crippen molar-refractivity contribution < 1.29 is 27.5 Å². The zero-order chi connectivity index (χ0) is 20.4. The number of halogens is 4. The van der Waals surface area contributed by atoms with E-state index in [4.69, 9.17) is 0 Å². The summed E-state index contributed by atoms with van der Waals surface area (Å²) >= 11 is 0. The lowest BCUT2D eigenvalue weighted by atomic mass is 9.75. The van der Waals surface area contributed by atoms with Gasteiger partial charge in [0.25, 0.3) is 0 Å². The van der Waals surface area contributed by atoms with Gasteiger partial charge in [-0.2, -0.15) is 0 Å². The highest BCUT2D eigenvalue weighted by Gasteiger charge is 2.28. The second-order valence-corrected chi connectivity index (χ2v) is 7.19. The third kappa shape index (κ3) is 3.81. The van der Waals surface area contributed by atoms with Crippen LogP contribution in [0.1, 0.15) is 53.9 Å². The van der Waals surface area contributed by atoms with Gasteiger partial charge in [0.05, 0.1) is 5.56 Å². The van der Waals surface area contributed by atoms with Gasteiger partial charge in [0.15, 0.2) is 17.5 Å². The fourth-order valence-corrected chi connectivity index (χ4v) is 4.03. The number of hydrogen-bond acceptors (Lipinski definition) is 1. The number of carboxylic acid groups (broad SMARTS) is 1. The van der Waals surface area contributed by atoms with Crippen LogP contribution in [0.5, 0.6) is 0 Å². The zero-order valence-corrected chi connectivity index (χ0v) is 15.2. The van der Waals surface area contributed by atoms with Crippen molar-refractivity contribution in [2.45, 2.75) is 38.0 Å². The number of hydrogen-bond donors (Lipinski definition) is 1. The average molecular weight is 392 g/mol. The molecular formula is C22H20F4O2. The minimum absolute atomic E-state index is 0.0791. The Hall–Kier alpha value is -2.63. The molecule has 0 aromatic heterocycles. The van der Waals surface area contributed by atoms with Gasteiger partial charge in [-0.05, 0) is 73.3 Å². The molecule has 1 aliphatic rings. The molecule has 0 spiro atoms. The Labute approximate surface area is 160 Å². The van der Waals surface area contributed by atoms with E-state index >= 15 is 4.39 Å². The van der Waals surface area contributed by atoms with Gasteiger partial charge in [-0.1, -0.05) is 12.1 Å². The standard InChI is InChI=1S/C22H20F4O2/c1-2-3-12-4-6-13(7-5-12)15-8-9-16(22(27)28)20(25)19(15)14-10-17(23)21(26)18(24)11-14/h2,8-13H,1,3-7H2,(H,27,28)/t12-,13-. The van der Waals surface area contributed by atoms with Crippen LogP contribution < -0.4 is 0 Å². The van der Waals surface area contributed by atoms with Crippen molar-refractivity contribution in [3.8, 4) is 11.1 Å². The lowest BCUT2D eigenvalue weighted by molar-refractivity contribution is 0.0692. The molecule has 0 bridgehead atoms. The molecule has 0 amide bonds. The van der Waals surface area contributed by atoms with E-state index < -0.39 is 34.8 Å². The van der Waals surface area contributed by atoms with Crippen molar-refractivity contribution in [2.75, 3.05) is 0 Å². The Balaban J connectivity index is 2.10. The molecule has 2 aromatic rings. The normalized spacial score (nSPS) is 19.4. The zero-order valence-electron chi connectivity index (χ0n) is 15.2. The van der Waals surface area contributed by atoms with Gasteiger partial charge in [-0.25, -0.2) is 22.4 Å². The van der Waals surface area contributed by atoms with Crippen molar-refractivity contribution in [1.29, 1.82) is 0 Å². The van der Waals surface area contributed by atoms with Crippen LogP contribution in [0.2, 0.25) is 0 Å². The molecule has 1 aliphatic carbocycles. The first-order valence-corrected chi connectivity index (χ1v) is 9.15. The molecule has 0 aliphatic heterocycles. The molecule has 0 unspecified atom stereocenters. The largest absolute Gasteiger partial charge is 0.478 e. The first-order valence-electron chi connectivity index (χ1n) is 9.15. The van der Waals surface area contributed by atoms with E-state index in [1.807, 2.05) is 6.08 Å². The van der Waals surface area contributed by atoms with Crippen LogP contribution in [-0.4, -0.2) is 11.1 Å². The van der Waals surface area contributed by atoms with Crippen LogP contribution in [-0.2, 0) is 0 Å². The van der Waals surface area contributed by atoms with E-state index in [1.165, 1.54) is 12.1 Å². The summed E-state index contributed by atoms with van der Waals surface area (Å²) in [6.45, 7) is 3.74. The smallest absolute Gasteiger partial charge is 0.338 e. The number of benzene rings is 2. The van der Waals surface area contributed by atoms with E-state index in [1.54, 1.807) is 0 Å². The Morgan fingerprint density at radius 3 is 2.18 bits per heavy atom. The number of carbonyl (C=O) groups is 1. The van der Waals surface area contributed by atoms with Crippen molar-refractivity contribution in [1.82, 2.24) is 0 Å². The minimum atomic E-state index is -1.65. The predicted molar refractivity (Wildman–Crippen MR) is 98.2 cm³/mol. The van der Waals surface area contributed by atoms with E-state index in [2.05, 4.69) is 6.58 Å². The highest BCUT2D eigenvalue weighted by Crippen LogP contribution is 2.42. The van der Waals surface area contributed by atoms with Gasteiger partial charge in [0.2, 0.25) is 0 Å². The van der Waals surface area contributed by atoms with E-state index in [0.29, 0.717) is 23.6 Å². The van der Waals surface area contributed by atoms with Crippen LogP contribution in [0.15, 0.2) is 36.9 Å². The first kappa shape index (κ1) is 20.1. The van der Waals surface area contributed by atoms with Crippen molar-refractivity contribution in [2.24, 2.45) is 5.92 Å². The fourth-order valence-electron chi connectivity index (χ4n) is 4.03. The van der Waals surface area contributed by atoms with Gasteiger partial charge < -0.3 is 5.11 Å². The summed E-state index contributed by atoms with van der Waals surface area (Å²) in [5.41, 5.74) is -0.487. The van der Waals surface area contributed by atoms with E-state index in [0.717, 1.165) is 32.1 Å². The topological polar surface area (TPSA) is 37.3 Å². The average Bonchev–Trinajstić information content (AvgIpc) is 2.66. The lowest BCUT2D eigenvalue weighted by Crippen LogP contribution is -2.15. The van der Waals surface area contributed by atoms with Crippen molar-refractivity contribution in [3.05, 3.63) is 71.3 Å². The fraction of sp³-hybridized carbons (Fsp3) is 0.318. The summed E-state index contributed by atoms with van der Waals surface area (Å²) in [5, 5.41) is 9.23. The Bertz CT molecular complexity index is 892. The molecule has 1 fully saturated rings. The Morgan fingerprint density at radius 2 is 1.64 bits per heavy atom. The molecule has 6 heteroatoms. The Morgan fingerprint density at radius 1 is 1.04 bits per heavy atom. The molecule has 0 heterocycles. The number of allylic oxidation sites excluding steroid dienone is 1. The van der Waals surface area contributed by atoms with Crippen LogP contribution in [0.4, 0.5) is 17.6 Å². The molecule has 148 valence electrons. The molecule has 1 saturated carbocycles. The summed E-state index contributed by atoms with van der Waals surface area (Å²) in [6, 6.07) is 4.08. The van der Waals surface area contributed by atoms with Gasteiger partial charge in [-0.15, -0.1) is 6.58 Å². The molecule has 28 heavy (non-hydrogen) atoms. The maximum Gasteiger partial charge on any atom is 0.338 e. The summed E-state index contributed by atoms with van der Waals surface area (Å²) in [4.78, 5) is 11.3. The molecule has 0 atom stereocenters. The van der Waals surface area contributed by atoms with Crippen LogP contribution in [0, 0.1) is 29.2 Å². The van der Waals surface area contributed by atoms with E-state index in [-0.39, 0.29) is 17.0 Å². The summed E-state index contributed by atoms with van der Waals surface area (Å²) in [6.07, 6.45) is 6.02. The molecule has 0 saturated heterocycles. The lowest BCUT2D eigenvalue weighted by Gasteiger charge is -2.30. The summed E-state index contributed by atoms with van der Waals surface area (Å²) < 4.78 is 55.9. The van der Waals surface area contributed by atoms with Crippen LogP contribution in [0.3, 0.4) is 0 Å². The quantitative estimate of drug-likeness (QED) is 0.360. The van der Waals surface area contributed by atoms with Gasteiger partial charge >= 0.3 is 5.97 Å². The maximum absolute atomic E-state index is 15.1.